The first-order valence-corrected chi connectivity index (χ1v) is 8.65. The summed E-state index contributed by atoms with van der Waals surface area (Å²) in [6.45, 7) is 4.53. The Balaban J connectivity index is 0.000000253. The SMILES string of the molecule is CCCCCN(C)Cc1ccccc1.Oc1ccc(Cl)cc1Cl. The molecular weight excluding hydrogens is 329 g/mol. The molecule has 0 radical (unpaired) electrons. The third-order valence-corrected chi connectivity index (χ3v) is 3.89. The van der Waals surface area contributed by atoms with E-state index in [4.69, 9.17) is 28.3 Å². The van der Waals surface area contributed by atoms with Gasteiger partial charge in [0.05, 0.1) is 5.02 Å². The van der Waals surface area contributed by atoms with Gasteiger partial charge < -0.3 is 10.0 Å². The molecule has 126 valence electrons. The first kappa shape index (κ1) is 19.8. The number of halogens is 2. The predicted molar refractivity (Wildman–Crippen MR) is 100 cm³/mol. The van der Waals surface area contributed by atoms with E-state index in [9.17, 15) is 0 Å². The number of benzene rings is 2. The van der Waals surface area contributed by atoms with E-state index >= 15 is 0 Å². The van der Waals surface area contributed by atoms with Gasteiger partial charge in [-0.05, 0) is 43.8 Å². The molecule has 0 saturated carbocycles. The van der Waals surface area contributed by atoms with E-state index in [0.29, 0.717) is 5.02 Å². The highest BCUT2D eigenvalue weighted by atomic mass is 35.5. The summed E-state index contributed by atoms with van der Waals surface area (Å²) in [6.07, 6.45) is 3.97. The first-order valence-electron chi connectivity index (χ1n) is 7.89. The highest BCUT2D eigenvalue weighted by molar-refractivity contribution is 6.35. The average Bonchev–Trinajstić information content (AvgIpc) is 2.53. The smallest absolute Gasteiger partial charge is 0.134 e. The summed E-state index contributed by atoms with van der Waals surface area (Å²) in [4.78, 5) is 2.39. The van der Waals surface area contributed by atoms with Crippen molar-refractivity contribution >= 4 is 23.2 Å². The highest BCUT2D eigenvalue weighted by Crippen LogP contribution is 2.25. The van der Waals surface area contributed by atoms with E-state index in [1.54, 1.807) is 6.07 Å². The Labute approximate surface area is 149 Å². The lowest BCUT2D eigenvalue weighted by Gasteiger charge is -2.16. The summed E-state index contributed by atoms with van der Waals surface area (Å²) in [7, 11) is 2.20. The molecule has 23 heavy (non-hydrogen) atoms. The van der Waals surface area contributed by atoms with Crippen LogP contribution in [0.4, 0.5) is 0 Å². The molecule has 2 aromatic carbocycles. The third-order valence-electron chi connectivity index (χ3n) is 3.35. The van der Waals surface area contributed by atoms with Gasteiger partial charge in [0.15, 0.2) is 0 Å². The predicted octanol–water partition coefficient (Wildman–Crippen LogP) is 6.01. The van der Waals surface area contributed by atoms with Gasteiger partial charge in [-0.1, -0.05) is 73.3 Å². The van der Waals surface area contributed by atoms with Crippen molar-refractivity contribution in [3.05, 3.63) is 64.1 Å². The summed E-state index contributed by atoms with van der Waals surface area (Å²) >= 11 is 11.0. The van der Waals surface area contributed by atoms with Gasteiger partial charge in [0.25, 0.3) is 0 Å². The number of aromatic hydroxyl groups is 1. The van der Waals surface area contributed by atoms with Gasteiger partial charge in [0.1, 0.15) is 5.75 Å². The fourth-order valence-corrected chi connectivity index (χ4v) is 2.50. The third kappa shape index (κ3) is 8.85. The van der Waals surface area contributed by atoms with E-state index in [-0.39, 0.29) is 10.8 Å². The minimum absolute atomic E-state index is 0.0565. The van der Waals surface area contributed by atoms with Crippen LogP contribution in [-0.4, -0.2) is 23.6 Å². The van der Waals surface area contributed by atoms with Crippen LogP contribution in [0.15, 0.2) is 48.5 Å². The maximum atomic E-state index is 8.85. The second-order valence-electron chi connectivity index (χ2n) is 5.53. The van der Waals surface area contributed by atoms with Crippen molar-refractivity contribution in [2.24, 2.45) is 0 Å². The maximum absolute atomic E-state index is 8.85. The number of hydrogen-bond donors (Lipinski definition) is 1. The Morgan fingerprint density at radius 1 is 1.00 bits per heavy atom. The molecule has 0 aliphatic carbocycles. The molecule has 2 aromatic rings. The summed E-state index contributed by atoms with van der Waals surface area (Å²) < 4.78 is 0. The lowest BCUT2D eigenvalue weighted by atomic mass is 10.2. The van der Waals surface area contributed by atoms with Crippen LogP contribution in [0.25, 0.3) is 0 Å². The van der Waals surface area contributed by atoms with Crippen LogP contribution in [0.2, 0.25) is 10.0 Å². The van der Waals surface area contributed by atoms with Gasteiger partial charge in [0, 0.05) is 11.6 Å². The zero-order valence-electron chi connectivity index (χ0n) is 13.8. The maximum Gasteiger partial charge on any atom is 0.134 e. The van der Waals surface area contributed by atoms with Gasteiger partial charge in [-0.25, -0.2) is 0 Å². The summed E-state index contributed by atoms with van der Waals surface area (Å²) in [5.74, 6) is 0.0565. The summed E-state index contributed by atoms with van der Waals surface area (Å²) in [5.41, 5.74) is 1.41. The molecule has 1 N–H and O–H groups in total. The van der Waals surface area contributed by atoms with Gasteiger partial charge in [-0.2, -0.15) is 0 Å². The molecule has 2 nitrogen and oxygen atoms in total. The number of hydrogen-bond acceptors (Lipinski definition) is 2. The quantitative estimate of drug-likeness (QED) is 0.643. The van der Waals surface area contributed by atoms with Crippen LogP contribution in [0.1, 0.15) is 31.7 Å². The molecule has 2 rings (SSSR count). The normalized spacial score (nSPS) is 10.3. The van der Waals surface area contributed by atoms with Crippen molar-refractivity contribution in [2.45, 2.75) is 32.7 Å². The number of phenols is 1. The van der Waals surface area contributed by atoms with Crippen LogP contribution in [0.5, 0.6) is 5.75 Å². The Bertz CT molecular complexity index is 561. The second kappa shape index (κ2) is 11.3. The fourth-order valence-electron chi connectivity index (χ4n) is 2.09. The van der Waals surface area contributed by atoms with Crippen LogP contribution < -0.4 is 0 Å². The van der Waals surface area contributed by atoms with Crippen LogP contribution in [0, 0.1) is 0 Å². The van der Waals surface area contributed by atoms with Crippen molar-refractivity contribution in [3.8, 4) is 5.75 Å². The van der Waals surface area contributed by atoms with Crippen LogP contribution in [0.3, 0.4) is 0 Å². The van der Waals surface area contributed by atoms with Gasteiger partial charge in [-0.15, -0.1) is 0 Å². The molecular formula is C19H25Cl2NO. The topological polar surface area (TPSA) is 23.5 Å². The number of unbranched alkanes of at least 4 members (excludes halogenated alkanes) is 2. The van der Waals surface area contributed by atoms with Crippen molar-refractivity contribution < 1.29 is 5.11 Å². The fraction of sp³-hybridized carbons (Fsp3) is 0.368. The van der Waals surface area contributed by atoms with E-state index in [0.717, 1.165) is 6.54 Å². The zero-order valence-corrected chi connectivity index (χ0v) is 15.3. The lowest BCUT2D eigenvalue weighted by Crippen LogP contribution is -2.18. The molecule has 0 amide bonds. The van der Waals surface area contributed by atoms with Crippen LogP contribution in [-0.2, 0) is 6.54 Å². The molecule has 0 aromatic heterocycles. The largest absolute Gasteiger partial charge is 0.506 e. The van der Waals surface area contributed by atoms with E-state index in [1.165, 1.54) is 43.5 Å². The second-order valence-corrected chi connectivity index (χ2v) is 6.37. The number of rotatable bonds is 6. The van der Waals surface area contributed by atoms with Crippen LogP contribution >= 0.6 is 23.2 Å². The Morgan fingerprint density at radius 3 is 2.26 bits per heavy atom. The van der Waals surface area contributed by atoms with Crippen molar-refractivity contribution in [1.29, 1.82) is 0 Å². The van der Waals surface area contributed by atoms with Gasteiger partial charge >= 0.3 is 0 Å². The molecule has 4 heteroatoms. The van der Waals surface area contributed by atoms with Crippen molar-refractivity contribution in [3.63, 3.8) is 0 Å². The minimum atomic E-state index is 0.0565. The molecule has 0 fully saturated rings. The van der Waals surface area contributed by atoms with E-state index in [1.807, 2.05) is 0 Å². The standard InChI is InChI=1S/C13H21N.C6H4Cl2O/c1-3-4-8-11-14(2)12-13-9-6-5-7-10-13;7-4-1-2-6(9)5(8)3-4/h5-7,9-10H,3-4,8,11-12H2,1-2H3;1-3,9H. The molecule has 0 heterocycles. The summed E-state index contributed by atoms with van der Waals surface area (Å²) in [5, 5.41) is 9.66. The molecule has 0 atom stereocenters. The van der Waals surface area contributed by atoms with Crippen molar-refractivity contribution in [1.82, 2.24) is 4.90 Å². The first-order chi connectivity index (χ1) is 11.0. The molecule has 0 spiro atoms. The molecule has 0 bridgehead atoms. The molecule has 0 unspecified atom stereocenters. The average molecular weight is 354 g/mol. The van der Waals surface area contributed by atoms with Gasteiger partial charge in [-0.3, -0.25) is 0 Å². The number of phenolic OH excluding ortho intramolecular Hbond substituents is 1. The minimum Gasteiger partial charge on any atom is -0.506 e. The van der Waals surface area contributed by atoms with Crippen molar-refractivity contribution in [2.75, 3.05) is 13.6 Å². The lowest BCUT2D eigenvalue weighted by molar-refractivity contribution is 0.318. The molecule has 0 aliphatic rings. The van der Waals surface area contributed by atoms with Gasteiger partial charge in [0.2, 0.25) is 0 Å². The van der Waals surface area contributed by atoms with E-state index in [2.05, 4.69) is 49.2 Å². The highest BCUT2D eigenvalue weighted by Gasteiger charge is 1.98. The molecule has 0 saturated heterocycles. The number of nitrogens with zero attached hydrogens (tertiary/aromatic N) is 1. The van der Waals surface area contributed by atoms with E-state index < -0.39 is 0 Å². The Hall–Kier alpha value is -1.22. The summed E-state index contributed by atoms with van der Waals surface area (Å²) in [6, 6.07) is 15.2. The monoisotopic (exact) mass is 353 g/mol. The molecule has 0 aliphatic heterocycles. The zero-order chi connectivity index (χ0) is 17.1. The Morgan fingerprint density at radius 2 is 1.70 bits per heavy atom. The Kier molecular flexibility index (Phi) is 9.77.